The highest BCUT2D eigenvalue weighted by atomic mass is 32.1. The Morgan fingerprint density at radius 1 is 1.14 bits per heavy atom. The van der Waals surface area contributed by atoms with Gasteiger partial charge in [0, 0.05) is 10.9 Å². The van der Waals surface area contributed by atoms with Crippen LogP contribution in [-0.2, 0) is 6.54 Å². The minimum absolute atomic E-state index is 0.0647. The van der Waals surface area contributed by atoms with Gasteiger partial charge in [-0.15, -0.1) is 22.7 Å². The van der Waals surface area contributed by atoms with E-state index in [4.69, 9.17) is 4.42 Å². The Morgan fingerprint density at radius 2 is 2.03 bits per heavy atom. The number of hydrogen-bond donors (Lipinski definition) is 0. The quantitative estimate of drug-likeness (QED) is 0.386. The molecule has 0 radical (unpaired) electrons. The van der Waals surface area contributed by atoms with Crippen molar-refractivity contribution in [1.29, 1.82) is 0 Å². The van der Waals surface area contributed by atoms with Crippen LogP contribution >= 0.6 is 22.7 Å². The number of nitrogens with zero attached hydrogens (tertiary/aromatic N) is 3. The number of aromatic nitrogens is 3. The molecular weight excluding hydrogens is 402 g/mol. The zero-order valence-electron chi connectivity index (χ0n) is 15.9. The lowest BCUT2D eigenvalue weighted by molar-refractivity contribution is 0.572. The smallest absolute Gasteiger partial charge is 0.263 e. The lowest BCUT2D eigenvalue weighted by Crippen LogP contribution is -2.21. The Morgan fingerprint density at radius 3 is 2.83 bits per heavy atom. The highest BCUT2D eigenvalue weighted by Crippen LogP contribution is 2.31. The van der Waals surface area contributed by atoms with Crippen molar-refractivity contribution in [2.24, 2.45) is 0 Å². The van der Waals surface area contributed by atoms with Gasteiger partial charge in [-0.3, -0.25) is 9.36 Å². The number of thiophene rings is 2. The Labute approximate surface area is 174 Å². The van der Waals surface area contributed by atoms with Crippen molar-refractivity contribution in [2.75, 3.05) is 0 Å². The molecule has 0 saturated heterocycles. The first-order valence-electron chi connectivity index (χ1n) is 9.12. The summed E-state index contributed by atoms with van der Waals surface area (Å²) < 4.78 is 7.17. The van der Waals surface area contributed by atoms with Gasteiger partial charge in [0.05, 0.1) is 28.8 Å². The second kappa shape index (κ2) is 7.09. The van der Waals surface area contributed by atoms with E-state index in [1.807, 2.05) is 22.9 Å². The minimum Gasteiger partial charge on any atom is -0.443 e. The zero-order valence-corrected chi connectivity index (χ0v) is 17.5. The predicted octanol–water partition coefficient (Wildman–Crippen LogP) is 5.51. The highest BCUT2D eigenvalue weighted by Gasteiger charge is 2.15. The molecular formula is C22H17N3O2S2. The van der Waals surface area contributed by atoms with E-state index in [9.17, 15) is 4.79 Å². The van der Waals surface area contributed by atoms with E-state index in [1.54, 1.807) is 28.5 Å². The van der Waals surface area contributed by atoms with Crippen LogP contribution in [0.4, 0.5) is 0 Å². The Bertz CT molecular complexity index is 1380. The monoisotopic (exact) mass is 419 g/mol. The third-order valence-electron chi connectivity index (χ3n) is 4.99. The van der Waals surface area contributed by atoms with Gasteiger partial charge >= 0.3 is 0 Å². The predicted molar refractivity (Wildman–Crippen MR) is 118 cm³/mol. The molecule has 144 valence electrons. The van der Waals surface area contributed by atoms with E-state index in [1.165, 1.54) is 22.5 Å². The first-order valence-corrected chi connectivity index (χ1v) is 10.9. The zero-order chi connectivity index (χ0) is 20.0. The van der Waals surface area contributed by atoms with E-state index >= 15 is 0 Å². The van der Waals surface area contributed by atoms with Crippen LogP contribution in [-0.4, -0.2) is 14.5 Å². The molecule has 4 aromatic heterocycles. The van der Waals surface area contributed by atoms with Crippen molar-refractivity contribution >= 4 is 32.9 Å². The molecule has 5 nitrogen and oxygen atoms in total. The summed E-state index contributed by atoms with van der Waals surface area (Å²) in [7, 11) is 0. The molecule has 0 amide bonds. The molecule has 29 heavy (non-hydrogen) atoms. The van der Waals surface area contributed by atoms with E-state index in [0.717, 1.165) is 20.8 Å². The summed E-state index contributed by atoms with van der Waals surface area (Å²) in [4.78, 5) is 24.0. The molecule has 0 unspecified atom stereocenters. The third kappa shape index (κ3) is 3.22. The molecule has 0 aliphatic carbocycles. The third-order valence-corrected chi connectivity index (χ3v) is 6.74. The van der Waals surface area contributed by atoms with Crippen LogP contribution in [0.1, 0.15) is 16.8 Å². The number of fused-ring (bicyclic) bond motifs is 1. The van der Waals surface area contributed by atoms with Crippen molar-refractivity contribution in [1.82, 2.24) is 14.5 Å². The number of benzene rings is 1. The van der Waals surface area contributed by atoms with Gasteiger partial charge in [-0.05, 0) is 42.0 Å². The highest BCUT2D eigenvalue weighted by molar-refractivity contribution is 7.17. The normalized spacial score (nSPS) is 11.4. The van der Waals surface area contributed by atoms with E-state index in [0.29, 0.717) is 23.5 Å². The van der Waals surface area contributed by atoms with Gasteiger partial charge < -0.3 is 4.42 Å². The van der Waals surface area contributed by atoms with Crippen LogP contribution in [0, 0.1) is 13.8 Å². The Kier molecular flexibility index (Phi) is 4.41. The van der Waals surface area contributed by atoms with Crippen LogP contribution in [0.2, 0.25) is 0 Å². The average molecular weight is 420 g/mol. The fourth-order valence-corrected chi connectivity index (χ4v) is 4.83. The summed E-state index contributed by atoms with van der Waals surface area (Å²) in [5.41, 5.74) is 5.03. The fourth-order valence-electron chi connectivity index (χ4n) is 3.27. The van der Waals surface area contributed by atoms with Crippen molar-refractivity contribution < 1.29 is 4.42 Å². The molecule has 0 atom stereocenters. The summed E-state index contributed by atoms with van der Waals surface area (Å²) >= 11 is 3.06. The van der Waals surface area contributed by atoms with Crippen LogP contribution in [0.3, 0.4) is 0 Å². The van der Waals surface area contributed by atoms with Crippen LogP contribution in [0.25, 0.3) is 32.1 Å². The van der Waals surface area contributed by atoms with Gasteiger partial charge in [-0.1, -0.05) is 24.3 Å². The van der Waals surface area contributed by atoms with Gasteiger partial charge in [0.1, 0.15) is 11.1 Å². The van der Waals surface area contributed by atoms with Crippen molar-refractivity contribution in [3.05, 3.63) is 80.9 Å². The van der Waals surface area contributed by atoms with E-state index < -0.39 is 0 Å². The standard InChI is InChI=1S/C22H17N3O2S2/c1-13-5-6-15(8-14(13)2)17-11-29-21-19(17)22(26)25(12-23-21)9-16-10-27-20(24-16)18-4-3-7-28-18/h3-8,10-12H,9H2,1-2H3. The second-order valence-corrected chi connectivity index (χ2v) is 8.73. The number of aryl methyl sites for hydroxylation is 2. The van der Waals surface area contributed by atoms with Crippen LogP contribution in [0.15, 0.2) is 62.9 Å². The summed E-state index contributed by atoms with van der Waals surface area (Å²) in [5, 5.41) is 4.65. The maximum absolute atomic E-state index is 13.2. The summed E-state index contributed by atoms with van der Waals surface area (Å²) in [6.07, 6.45) is 3.19. The molecule has 7 heteroatoms. The van der Waals surface area contributed by atoms with Gasteiger partial charge in [-0.2, -0.15) is 0 Å². The summed E-state index contributed by atoms with van der Waals surface area (Å²) in [6.45, 7) is 4.49. The van der Waals surface area contributed by atoms with Crippen molar-refractivity contribution in [3.63, 3.8) is 0 Å². The summed E-state index contributed by atoms with van der Waals surface area (Å²) in [6, 6.07) is 10.2. The molecule has 0 fully saturated rings. The SMILES string of the molecule is Cc1ccc(-c2csc3ncn(Cc4coc(-c5cccs5)n4)c(=O)c23)cc1C. The number of rotatable bonds is 4. The first-order chi connectivity index (χ1) is 14.1. The molecule has 0 aliphatic heterocycles. The minimum atomic E-state index is -0.0647. The van der Waals surface area contributed by atoms with Crippen LogP contribution in [0.5, 0.6) is 0 Å². The lowest BCUT2D eigenvalue weighted by Gasteiger charge is -2.06. The lowest BCUT2D eigenvalue weighted by atomic mass is 10.0. The maximum atomic E-state index is 13.2. The molecule has 0 bridgehead atoms. The first kappa shape index (κ1) is 18.0. The molecule has 4 heterocycles. The Hall–Kier alpha value is -3.03. The van der Waals surface area contributed by atoms with Crippen LogP contribution < -0.4 is 5.56 Å². The topological polar surface area (TPSA) is 60.9 Å². The molecule has 5 rings (SSSR count). The molecule has 0 aliphatic rings. The van der Waals surface area contributed by atoms with Gasteiger partial charge in [0.15, 0.2) is 0 Å². The fraction of sp³-hybridized carbons (Fsp3) is 0.136. The Balaban J connectivity index is 1.55. The molecule has 0 N–H and O–H groups in total. The molecule has 0 saturated carbocycles. The largest absolute Gasteiger partial charge is 0.443 e. The van der Waals surface area contributed by atoms with E-state index in [-0.39, 0.29) is 5.56 Å². The van der Waals surface area contributed by atoms with Gasteiger partial charge in [0.25, 0.3) is 5.56 Å². The van der Waals surface area contributed by atoms with Crippen molar-refractivity contribution in [2.45, 2.75) is 20.4 Å². The van der Waals surface area contributed by atoms with Gasteiger partial charge in [-0.25, -0.2) is 9.97 Å². The molecule has 1 aromatic carbocycles. The molecule has 5 aromatic rings. The second-order valence-electron chi connectivity index (χ2n) is 6.93. The average Bonchev–Trinajstić information content (AvgIpc) is 3.46. The maximum Gasteiger partial charge on any atom is 0.263 e. The van der Waals surface area contributed by atoms with Crippen molar-refractivity contribution in [3.8, 4) is 21.9 Å². The molecule has 0 spiro atoms. The van der Waals surface area contributed by atoms with E-state index in [2.05, 4.69) is 42.0 Å². The number of hydrogen-bond acceptors (Lipinski definition) is 6. The number of oxazole rings is 1. The summed E-state index contributed by atoms with van der Waals surface area (Å²) in [5.74, 6) is 0.573. The van der Waals surface area contributed by atoms with Gasteiger partial charge in [0.2, 0.25) is 5.89 Å².